The largest absolute Gasteiger partial charge is 0.139 e. The van der Waals surface area contributed by atoms with Crippen LogP contribution in [0.1, 0.15) is 36.1 Å². The highest BCUT2D eigenvalue weighted by atomic mass is 14.6. The predicted molar refractivity (Wildman–Crippen MR) is 248 cm³/mol. The molecule has 1 unspecified atom stereocenters. The Hall–Kier alpha value is -2.08. The first-order valence-corrected chi connectivity index (χ1v) is 16.7. The molecule has 0 heterocycles. The van der Waals surface area contributed by atoms with E-state index in [0.29, 0.717) is 0 Å². The molecule has 0 bridgehead atoms. The summed E-state index contributed by atoms with van der Waals surface area (Å²) in [6, 6.07) is 0. The van der Waals surface area contributed by atoms with Crippen LogP contribution in [-0.2, 0) is 5.41 Å². The summed E-state index contributed by atoms with van der Waals surface area (Å²) >= 11 is 0. The third-order valence-corrected chi connectivity index (χ3v) is 12.1. The Morgan fingerprint density at radius 1 is 0.523 bits per heavy atom. The highest BCUT2D eigenvalue weighted by Gasteiger charge is 2.56. The monoisotopic (exact) mass is 554 g/mol. The van der Waals surface area contributed by atoms with Crippen molar-refractivity contribution in [1.82, 2.24) is 0 Å². The van der Waals surface area contributed by atoms with Crippen LogP contribution >= 0.6 is 0 Å². The van der Waals surface area contributed by atoms with Crippen molar-refractivity contribution in [2.45, 2.75) is 25.6 Å². The highest BCUT2D eigenvalue weighted by Crippen LogP contribution is 2.63. The maximum Gasteiger partial charge on any atom is 0.139 e. The lowest BCUT2D eigenvalue weighted by molar-refractivity contribution is 0.784. The van der Waals surface area contributed by atoms with E-state index in [-0.39, 0.29) is 0 Å². The summed E-state index contributed by atoms with van der Waals surface area (Å²) in [5, 5.41) is 0. The molecule has 0 saturated heterocycles. The molecule has 0 aromatic heterocycles. The predicted octanol–water partition coefficient (Wildman–Crippen LogP) is -14.8. The molecule has 0 saturated carbocycles. The fraction of sp³-hybridized carbons (Fsp3) is 0.143. The minimum atomic E-state index is -0.449. The van der Waals surface area contributed by atoms with Crippen LogP contribution < -0.4 is 43.7 Å². The van der Waals surface area contributed by atoms with Gasteiger partial charge in [0.1, 0.15) is 126 Å². The third kappa shape index (κ3) is 4.50. The van der Waals surface area contributed by atoms with Crippen LogP contribution in [0.2, 0.25) is 6.32 Å². The Bertz CT molecular complexity index is 1860. The molecular formula is C28H42B16. The molecule has 1 atom stereocenters. The topological polar surface area (TPSA) is 0 Å². The van der Waals surface area contributed by atoms with Crippen molar-refractivity contribution in [1.29, 1.82) is 0 Å². The van der Waals surface area contributed by atoms with E-state index in [4.69, 9.17) is 6.58 Å². The van der Waals surface area contributed by atoms with E-state index >= 15 is 0 Å². The van der Waals surface area contributed by atoms with Gasteiger partial charge in [0.05, 0.1) is 5.41 Å². The lowest BCUT2D eigenvalue weighted by atomic mass is 9.52. The molecule has 2 aromatic carbocycles. The normalized spacial score (nSPS) is 19.0. The Kier molecular flexibility index (Phi) is 9.43. The number of allylic oxidation sites excluding steroid dienone is 11. The highest BCUT2D eigenvalue weighted by molar-refractivity contribution is 6.66. The second kappa shape index (κ2) is 11.9. The van der Waals surface area contributed by atoms with E-state index in [9.17, 15) is 0 Å². The second-order valence-electron chi connectivity index (χ2n) is 14.5. The molecule has 2 aliphatic rings. The summed E-state index contributed by atoms with van der Waals surface area (Å²) in [7, 11) is 37.5. The standard InChI is InChI=1S/C28H42B16/c1-5(30)13-9(19(36)8(33)4-29)11-15(22(39)26(43)24(41)20(11)37)28(13)14(18(35)7(3)32)10(17(34)6(2)31)12-16(28)23(40)27(44)25(42)21(12)38/h1,4,29-44H2,2-3H3/b17-6-,18-7-,19-8-. The fourth-order valence-electron chi connectivity index (χ4n) is 8.29. The maximum atomic E-state index is 4.84. The Labute approximate surface area is 283 Å². The minimum absolute atomic E-state index is 0.449. The van der Waals surface area contributed by atoms with E-state index in [1.165, 1.54) is 127 Å². The minimum Gasteiger partial charge on any atom is -0.123 e. The summed E-state index contributed by atoms with van der Waals surface area (Å²) in [5.74, 6) is 0. The van der Waals surface area contributed by atoms with Crippen LogP contribution in [0.25, 0.3) is 11.1 Å². The molecule has 2 aromatic rings. The molecule has 0 nitrogen and oxygen atoms in total. The van der Waals surface area contributed by atoms with Gasteiger partial charge in [0.25, 0.3) is 0 Å². The first-order chi connectivity index (χ1) is 20.3. The Morgan fingerprint density at radius 3 is 1.23 bits per heavy atom. The van der Waals surface area contributed by atoms with Crippen molar-refractivity contribution >= 4 is 180 Å². The van der Waals surface area contributed by atoms with Crippen molar-refractivity contribution in [2.24, 2.45) is 0 Å². The maximum absolute atomic E-state index is 4.84. The number of hydrogen-bond donors (Lipinski definition) is 0. The summed E-state index contributed by atoms with van der Waals surface area (Å²) in [5.41, 5.74) is 32.1. The quantitative estimate of drug-likeness (QED) is 0.324. The average molecular weight is 552 g/mol. The summed E-state index contributed by atoms with van der Waals surface area (Å²) < 4.78 is 0. The smallest absolute Gasteiger partial charge is 0.123 e. The molecule has 1 spiro atoms. The Morgan fingerprint density at radius 2 is 0.886 bits per heavy atom. The molecule has 0 radical (unpaired) electrons. The molecule has 4 rings (SSSR count). The molecule has 44 heavy (non-hydrogen) atoms. The van der Waals surface area contributed by atoms with Crippen LogP contribution in [0.4, 0.5) is 0 Å². The fourth-order valence-corrected chi connectivity index (χ4v) is 8.29. The number of fused-ring (bicyclic) bond motifs is 4. The van der Waals surface area contributed by atoms with Gasteiger partial charge in [0, 0.05) is 0 Å². The van der Waals surface area contributed by atoms with Gasteiger partial charge in [-0.1, -0.05) is 63.9 Å². The first-order valence-electron chi connectivity index (χ1n) is 16.7. The van der Waals surface area contributed by atoms with Crippen molar-refractivity contribution in [3.05, 3.63) is 78.3 Å². The van der Waals surface area contributed by atoms with Gasteiger partial charge in [-0.3, -0.25) is 0 Å². The van der Waals surface area contributed by atoms with Gasteiger partial charge in [-0.15, -0.1) is 44.8 Å². The van der Waals surface area contributed by atoms with Crippen molar-refractivity contribution in [3.8, 4) is 0 Å². The van der Waals surface area contributed by atoms with Gasteiger partial charge >= 0.3 is 0 Å². The number of rotatable bonds is 5. The van der Waals surface area contributed by atoms with Crippen LogP contribution in [0.3, 0.4) is 0 Å². The van der Waals surface area contributed by atoms with Gasteiger partial charge in [0.15, 0.2) is 0 Å². The van der Waals surface area contributed by atoms with Gasteiger partial charge in [-0.25, -0.2) is 0 Å². The first kappa shape index (κ1) is 34.8. The SMILES string of the molecule is BC/C(B)=C(/B)C1=C(C(B)=C)C2(C(C(/B)=C(/B)C)=C(/C(B)=C(/B)C)c3c(B)c(B)c(B)c(B)c32)c2c(B)c(B)c(B)c(B)c21. The van der Waals surface area contributed by atoms with E-state index in [0.717, 1.165) is 6.32 Å². The second-order valence-corrected chi connectivity index (χ2v) is 14.5. The zero-order valence-electron chi connectivity index (χ0n) is 31.4. The van der Waals surface area contributed by atoms with E-state index in [1.54, 1.807) is 0 Å². The van der Waals surface area contributed by atoms with Crippen molar-refractivity contribution < 1.29 is 0 Å². The zero-order valence-corrected chi connectivity index (χ0v) is 31.4. The summed E-state index contributed by atoms with van der Waals surface area (Å²) in [6.45, 7) is 9.43. The molecule has 2 aliphatic carbocycles. The van der Waals surface area contributed by atoms with Crippen LogP contribution in [0, 0.1) is 0 Å². The summed E-state index contributed by atoms with van der Waals surface area (Å²) in [4.78, 5) is 0. The molecule has 0 N–H and O–H groups in total. The van der Waals surface area contributed by atoms with Gasteiger partial charge in [-0.2, -0.15) is 0 Å². The van der Waals surface area contributed by atoms with E-state index in [1.807, 2.05) is 0 Å². The van der Waals surface area contributed by atoms with Crippen molar-refractivity contribution in [2.75, 3.05) is 0 Å². The molecule has 16 heteroatoms. The summed E-state index contributed by atoms with van der Waals surface area (Å²) in [6.07, 6.45) is 1.04. The molecular weight excluding hydrogens is 509 g/mol. The average Bonchev–Trinajstić information content (AvgIpc) is 3.45. The van der Waals surface area contributed by atoms with Gasteiger partial charge < -0.3 is 0 Å². The van der Waals surface area contributed by atoms with Crippen LogP contribution in [-0.4, -0.2) is 126 Å². The lowest BCUT2D eigenvalue weighted by Crippen LogP contribution is -2.55. The molecule has 0 amide bonds. The van der Waals surface area contributed by atoms with Gasteiger partial charge in [-0.05, 0) is 44.5 Å². The van der Waals surface area contributed by atoms with Crippen LogP contribution in [0.5, 0.6) is 0 Å². The van der Waals surface area contributed by atoms with E-state index < -0.39 is 5.41 Å². The van der Waals surface area contributed by atoms with E-state index in [2.05, 4.69) is 139 Å². The lowest BCUT2D eigenvalue weighted by Gasteiger charge is -2.40. The Balaban J connectivity index is 2.65. The zero-order chi connectivity index (χ0) is 33.5. The molecule has 202 valence electrons. The van der Waals surface area contributed by atoms with Gasteiger partial charge in [0.2, 0.25) is 0 Å². The van der Waals surface area contributed by atoms with Crippen LogP contribution in [0.15, 0.2) is 56.0 Å². The molecule has 0 fully saturated rings. The third-order valence-electron chi connectivity index (χ3n) is 12.1. The number of hydrogen-bond acceptors (Lipinski definition) is 0. The number of benzene rings is 2. The molecule has 0 aliphatic heterocycles. The van der Waals surface area contributed by atoms with Crippen molar-refractivity contribution in [3.63, 3.8) is 0 Å².